The van der Waals surface area contributed by atoms with Gasteiger partial charge >= 0.3 is 0 Å². The monoisotopic (exact) mass is 209 g/mol. The van der Waals surface area contributed by atoms with E-state index < -0.39 is 12.0 Å². The van der Waals surface area contributed by atoms with Gasteiger partial charge in [0.15, 0.2) is 11.9 Å². The van der Waals surface area contributed by atoms with E-state index in [4.69, 9.17) is 10.8 Å². The first-order valence-electron chi connectivity index (χ1n) is 4.24. The summed E-state index contributed by atoms with van der Waals surface area (Å²) < 4.78 is 0. The van der Waals surface area contributed by atoms with Crippen molar-refractivity contribution in [3.63, 3.8) is 0 Å². The fourth-order valence-corrected chi connectivity index (χ4v) is 1.24. The summed E-state index contributed by atoms with van der Waals surface area (Å²) in [4.78, 5) is 21.9. The molecule has 0 heterocycles. The largest absolute Gasteiger partial charge is 0.508 e. The van der Waals surface area contributed by atoms with Crippen molar-refractivity contribution >= 4 is 11.7 Å². The van der Waals surface area contributed by atoms with E-state index in [1.54, 1.807) is 0 Å². The number of rotatable bonds is 3. The Bertz CT molecular complexity index is 414. The number of carbonyl (C=O) groups excluding carboxylic acids is 2. The van der Waals surface area contributed by atoms with Crippen molar-refractivity contribution in [2.75, 3.05) is 0 Å². The summed E-state index contributed by atoms with van der Waals surface area (Å²) in [5.74, 6) is -1.41. The molecule has 1 atom stereocenters. The van der Waals surface area contributed by atoms with Crippen LogP contribution in [0, 0.1) is 0 Å². The summed E-state index contributed by atoms with van der Waals surface area (Å²) >= 11 is 0. The summed E-state index contributed by atoms with van der Waals surface area (Å²) in [5.41, 5.74) is 5.10. The van der Waals surface area contributed by atoms with Crippen LogP contribution in [0.1, 0.15) is 28.9 Å². The van der Waals surface area contributed by atoms with Crippen LogP contribution in [0.4, 0.5) is 0 Å². The van der Waals surface area contributed by atoms with Crippen LogP contribution in [0.15, 0.2) is 18.2 Å². The molecular weight excluding hydrogens is 198 g/mol. The van der Waals surface area contributed by atoms with Crippen LogP contribution in [0.2, 0.25) is 0 Å². The summed E-state index contributed by atoms with van der Waals surface area (Å²) in [6.45, 7) is 1.27. The van der Waals surface area contributed by atoms with E-state index in [-0.39, 0.29) is 22.7 Å². The average Bonchev–Trinajstić information content (AvgIpc) is 2.16. The first-order chi connectivity index (χ1) is 6.93. The third-order valence-corrected chi connectivity index (χ3v) is 1.98. The Kier molecular flexibility index (Phi) is 3.06. The predicted octanol–water partition coefficient (Wildman–Crippen LogP) is 0.114. The summed E-state index contributed by atoms with van der Waals surface area (Å²) in [6.07, 6.45) is -1.54. The van der Waals surface area contributed by atoms with Crippen molar-refractivity contribution in [2.45, 2.75) is 13.0 Å². The standard InChI is InChI=1S/C10H11NO4/c1-5(12)8-4-6(13)2-3-7(8)9(14)10(11)15/h2-4,9,13-14H,1H3,(H2,11,15). The third-order valence-electron chi connectivity index (χ3n) is 1.98. The van der Waals surface area contributed by atoms with E-state index >= 15 is 0 Å². The van der Waals surface area contributed by atoms with Crippen molar-refractivity contribution in [1.29, 1.82) is 0 Å². The topological polar surface area (TPSA) is 101 Å². The Morgan fingerprint density at radius 1 is 1.40 bits per heavy atom. The van der Waals surface area contributed by atoms with Gasteiger partial charge in [-0.1, -0.05) is 6.07 Å². The lowest BCUT2D eigenvalue weighted by Gasteiger charge is -2.11. The van der Waals surface area contributed by atoms with Gasteiger partial charge in [-0.25, -0.2) is 0 Å². The molecule has 0 radical (unpaired) electrons. The van der Waals surface area contributed by atoms with E-state index in [0.29, 0.717) is 0 Å². The number of aliphatic hydroxyl groups is 1. The van der Waals surface area contributed by atoms with Gasteiger partial charge in [0, 0.05) is 11.1 Å². The lowest BCUT2D eigenvalue weighted by atomic mass is 9.99. The number of Topliss-reactive ketones (excluding diaryl/α,β-unsaturated/α-hetero) is 1. The lowest BCUT2D eigenvalue weighted by Crippen LogP contribution is -2.22. The van der Waals surface area contributed by atoms with Gasteiger partial charge in [-0.2, -0.15) is 0 Å². The van der Waals surface area contributed by atoms with Crippen LogP contribution in [0.5, 0.6) is 5.75 Å². The Labute approximate surface area is 86.1 Å². The van der Waals surface area contributed by atoms with Crippen molar-refractivity contribution in [3.8, 4) is 5.75 Å². The van der Waals surface area contributed by atoms with Gasteiger partial charge in [-0.05, 0) is 19.1 Å². The van der Waals surface area contributed by atoms with Crippen LogP contribution >= 0.6 is 0 Å². The third kappa shape index (κ3) is 2.32. The molecule has 0 aliphatic heterocycles. The molecule has 1 amide bonds. The van der Waals surface area contributed by atoms with Gasteiger partial charge in [-0.3, -0.25) is 9.59 Å². The first kappa shape index (κ1) is 11.2. The number of aromatic hydroxyl groups is 1. The van der Waals surface area contributed by atoms with Gasteiger partial charge in [0.2, 0.25) is 0 Å². The molecule has 0 aliphatic rings. The number of benzene rings is 1. The first-order valence-corrected chi connectivity index (χ1v) is 4.24. The van der Waals surface area contributed by atoms with E-state index in [1.165, 1.54) is 25.1 Å². The maximum Gasteiger partial charge on any atom is 0.250 e. The molecule has 1 rings (SSSR count). The Morgan fingerprint density at radius 3 is 2.47 bits per heavy atom. The van der Waals surface area contributed by atoms with E-state index in [1.807, 2.05) is 0 Å². The number of hydrogen-bond donors (Lipinski definition) is 3. The zero-order chi connectivity index (χ0) is 11.6. The molecule has 0 spiro atoms. The Balaban J connectivity index is 3.28. The number of amides is 1. The van der Waals surface area contributed by atoms with Crippen LogP contribution in [0.25, 0.3) is 0 Å². The van der Waals surface area contributed by atoms with Gasteiger partial charge in [-0.15, -0.1) is 0 Å². The molecule has 15 heavy (non-hydrogen) atoms. The number of hydrogen-bond acceptors (Lipinski definition) is 4. The highest BCUT2D eigenvalue weighted by Crippen LogP contribution is 2.22. The van der Waals surface area contributed by atoms with Crippen molar-refractivity contribution in [3.05, 3.63) is 29.3 Å². The number of nitrogens with two attached hydrogens (primary N) is 1. The number of ketones is 1. The van der Waals surface area contributed by atoms with Crippen LogP contribution in [-0.2, 0) is 4.79 Å². The molecule has 5 heteroatoms. The SMILES string of the molecule is CC(=O)c1cc(O)ccc1C(O)C(N)=O. The van der Waals surface area contributed by atoms with Crippen molar-refractivity contribution in [1.82, 2.24) is 0 Å². The van der Waals surface area contributed by atoms with E-state index in [9.17, 15) is 14.7 Å². The molecule has 0 aromatic heterocycles. The second-order valence-electron chi connectivity index (χ2n) is 3.13. The van der Waals surface area contributed by atoms with Crippen LogP contribution < -0.4 is 5.73 Å². The minimum atomic E-state index is -1.54. The van der Waals surface area contributed by atoms with Gasteiger partial charge in [0.1, 0.15) is 5.75 Å². The van der Waals surface area contributed by atoms with Crippen LogP contribution in [0.3, 0.4) is 0 Å². The molecular formula is C10H11NO4. The van der Waals surface area contributed by atoms with Crippen molar-refractivity contribution in [2.24, 2.45) is 5.73 Å². The lowest BCUT2D eigenvalue weighted by molar-refractivity contribution is -0.126. The molecule has 0 saturated heterocycles. The highest BCUT2D eigenvalue weighted by atomic mass is 16.3. The fraction of sp³-hybridized carbons (Fsp3) is 0.200. The van der Waals surface area contributed by atoms with Crippen molar-refractivity contribution < 1.29 is 19.8 Å². The van der Waals surface area contributed by atoms with Gasteiger partial charge < -0.3 is 15.9 Å². The zero-order valence-corrected chi connectivity index (χ0v) is 8.10. The second kappa shape index (κ2) is 4.10. The predicted molar refractivity (Wildman–Crippen MR) is 52.3 cm³/mol. The zero-order valence-electron chi connectivity index (χ0n) is 8.10. The van der Waals surface area contributed by atoms with E-state index in [0.717, 1.165) is 0 Å². The van der Waals surface area contributed by atoms with Gasteiger partial charge in [0.05, 0.1) is 0 Å². The number of primary amides is 1. The maximum absolute atomic E-state index is 11.2. The molecule has 1 aromatic rings. The molecule has 0 saturated carbocycles. The molecule has 0 bridgehead atoms. The molecule has 80 valence electrons. The summed E-state index contributed by atoms with van der Waals surface area (Å²) in [7, 11) is 0. The quantitative estimate of drug-likeness (QED) is 0.615. The molecule has 5 nitrogen and oxygen atoms in total. The van der Waals surface area contributed by atoms with Crippen LogP contribution in [-0.4, -0.2) is 21.9 Å². The number of phenols is 1. The minimum Gasteiger partial charge on any atom is -0.508 e. The Morgan fingerprint density at radius 2 is 2.00 bits per heavy atom. The average molecular weight is 209 g/mol. The number of carbonyl (C=O) groups is 2. The highest BCUT2D eigenvalue weighted by Gasteiger charge is 2.19. The van der Waals surface area contributed by atoms with E-state index in [2.05, 4.69) is 0 Å². The normalized spacial score (nSPS) is 12.1. The summed E-state index contributed by atoms with van der Waals surface area (Å²) in [6, 6.07) is 3.75. The number of aliphatic hydroxyl groups excluding tert-OH is 1. The molecule has 4 N–H and O–H groups in total. The van der Waals surface area contributed by atoms with Gasteiger partial charge in [0.25, 0.3) is 5.91 Å². The maximum atomic E-state index is 11.2. The highest BCUT2D eigenvalue weighted by molar-refractivity contribution is 5.97. The summed E-state index contributed by atoms with van der Waals surface area (Å²) in [5, 5.41) is 18.6. The number of phenolic OH excluding ortho intramolecular Hbond substituents is 1. The molecule has 0 aliphatic carbocycles. The Hall–Kier alpha value is -1.88. The minimum absolute atomic E-state index is 0.0845. The molecule has 1 unspecified atom stereocenters. The molecule has 0 fully saturated rings. The fourth-order valence-electron chi connectivity index (χ4n) is 1.24. The second-order valence-corrected chi connectivity index (χ2v) is 3.13. The smallest absolute Gasteiger partial charge is 0.250 e. The molecule has 1 aromatic carbocycles.